The van der Waals surface area contributed by atoms with E-state index in [-0.39, 0.29) is 17.6 Å². The van der Waals surface area contributed by atoms with Crippen LogP contribution in [0.25, 0.3) is 20.5 Å². The van der Waals surface area contributed by atoms with E-state index in [1.807, 2.05) is 48.5 Å². The molecule has 0 aliphatic rings. The Bertz CT molecular complexity index is 1160. The molecule has 0 aliphatic carbocycles. The molecule has 4 rings (SSSR count). The van der Waals surface area contributed by atoms with Gasteiger partial charge in [0, 0.05) is 32.9 Å². The Hall–Kier alpha value is -2.44. The summed E-state index contributed by atoms with van der Waals surface area (Å²) in [6, 6.07) is 22.0. The third-order valence-electron chi connectivity index (χ3n) is 4.28. The predicted molar refractivity (Wildman–Crippen MR) is 126 cm³/mol. The molecule has 0 radical (unpaired) electrons. The van der Waals surface area contributed by atoms with Crippen molar-refractivity contribution in [2.24, 2.45) is 5.73 Å². The second-order valence-electron chi connectivity index (χ2n) is 6.26. The maximum atomic E-state index is 14.6. The smallest absolute Gasteiger partial charge is 0.239 e. The van der Waals surface area contributed by atoms with Crippen LogP contribution in [0.1, 0.15) is 5.56 Å². The van der Waals surface area contributed by atoms with E-state index >= 15 is 0 Å². The molecule has 7 heteroatoms. The lowest BCUT2D eigenvalue weighted by atomic mass is 10.1. The van der Waals surface area contributed by atoms with Gasteiger partial charge in [0.15, 0.2) is 0 Å². The summed E-state index contributed by atoms with van der Waals surface area (Å²) in [5.74, 6) is -0.711. The van der Waals surface area contributed by atoms with Gasteiger partial charge >= 0.3 is 0 Å². The Kier molecular flexibility index (Phi) is 7.82. The summed E-state index contributed by atoms with van der Waals surface area (Å²) in [6.45, 7) is 0.514. The van der Waals surface area contributed by atoms with Crippen molar-refractivity contribution >= 4 is 56.2 Å². The average molecular weight is 461 g/mol. The van der Waals surface area contributed by atoms with Crippen LogP contribution in [0.5, 0.6) is 0 Å². The van der Waals surface area contributed by atoms with Crippen LogP contribution in [-0.2, 0) is 11.3 Å². The van der Waals surface area contributed by atoms with Gasteiger partial charge in [0.05, 0.1) is 4.88 Å². The lowest BCUT2D eigenvalue weighted by Gasteiger charge is -2.08. The maximum absolute atomic E-state index is 14.6. The van der Waals surface area contributed by atoms with Gasteiger partial charge < -0.3 is 11.1 Å². The molecule has 1 heterocycles. The Labute approximate surface area is 188 Å². The molecule has 0 spiro atoms. The van der Waals surface area contributed by atoms with E-state index in [4.69, 9.17) is 28.9 Å². The number of hydrogen-bond acceptors (Lipinski definition) is 3. The SMILES string of the molecule is NCc1ccccc1Cl.O=C(CCl)Nc1ccccc1-c1sc2ccccc2c1F. The molecule has 0 fully saturated rings. The quantitative estimate of drug-likeness (QED) is 0.333. The molecule has 154 valence electrons. The second-order valence-corrected chi connectivity index (χ2v) is 7.99. The van der Waals surface area contributed by atoms with Gasteiger partial charge in [0.2, 0.25) is 5.91 Å². The lowest BCUT2D eigenvalue weighted by molar-refractivity contribution is -0.113. The highest BCUT2D eigenvalue weighted by molar-refractivity contribution is 7.22. The van der Waals surface area contributed by atoms with Gasteiger partial charge in [0.1, 0.15) is 11.7 Å². The molecule has 0 saturated carbocycles. The van der Waals surface area contributed by atoms with Crippen LogP contribution in [0.3, 0.4) is 0 Å². The number of alkyl halides is 1. The topological polar surface area (TPSA) is 55.1 Å². The zero-order chi connectivity index (χ0) is 21.5. The number of nitrogens with two attached hydrogens (primary N) is 1. The van der Waals surface area contributed by atoms with Crippen molar-refractivity contribution < 1.29 is 9.18 Å². The van der Waals surface area contributed by atoms with Gasteiger partial charge in [-0.25, -0.2) is 4.39 Å². The predicted octanol–water partition coefficient (Wildman–Crippen LogP) is 6.68. The molecule has 1 amide bonds. The van der Waals surface area contributed by atoms with Crippen molar-refractivity contribution in [2.45, 2.75) is 6.54 Å². The van der Waals surface area contributed by atoms with E-state index in [1.165, 1.54) is 11.3 Å². The lowest BCUT2D eigenvalue weighted by Crippen LogP contribution is -2.13. The highest BCUT2D eigenvalue weighted by atomic mass is 35.5. The van der Waals surface area contributed by atoms with E-state index in [2.05, 4.69) is 5.32 Å². The van der Waals surface area contributed by atoms with Crippen molar-refractivity contribution in [3.8, 4) is 10.4 Å². The Balaban J connectivity index is 0.000000239. The highest BCUT2D eigenvalue weighted by Crippen LogP contribution is 2.40. The summed E-state index contributed by atoms with van der Waals surface area (Å²) in [6.07, 6.45) is 0. The average Bonchev–Trinajstić information content (AvgIpc) is 3.11. The molecule has 0 aliphatic heterocycles. The molecular weight excluding hydrogens is 442 g/mol. The molecule has 0 bridgehead atoms. The van der Waals surface area contributed by atoms with Crippen LogP contribution in [-0.4, -0.2) is 11.8 Å². The minimum absolute atomic E-state index is 0.136. The molecule has 1 aromatic heterocycles. The van der Waals surface area contributed by atoms with E-state index in [0.29, 0.717) is 28.1 Å². The van der Waals surface area contributed by atoms with Crippen molar-refractivity contribution in [3.05, 3.63) is 89.2 Å². The number of anilines is 1. The third kappa shape index (κ3) is 5.18. The van der Waals surface area contributed by atoms with Crippen LogP contribution >= 0.6 is 34.5 Å². The van der Waals surface area contributed by atoms with E-state index in [1.54, 1.807) is 24.3 Å². The minimum Gasteiger partial charge on any atom is -0.326 e. The van der Waals surface area contributed by atoms with Crippen LogP contribution in [0.2, 0.25) is 5.02 Å². The van der Waals surface area contributed by atoms with Crippen molar-refractivity contribution in [1.29, 1.82) is 0 Å². The fourth-order valence-corrected chi connectivity index (χ4v) is 4.23. The van der Waals surface area contributed by atoms with Gasteiger partial charge in [-0.1, -0.05) is 66.2 Å². The molecule has 3 aromatic carbocycles. The van der Waals surface area contributed by atoms with Crippen LogP contribution < -0.4 is 11.1 Å². The second kappa shape index (κ2) is 10.5. The van der Waals surface area contributed by atoms with Gasteiger partial charge in [-0.3, -0.25) is 4.79 Å². The van der Waals surface area contributed by atoms with Gasteiger partial charge in [-0.05, 0) is 23.8 Å². The summed E-state index contributed by atoms with van der Waals surface area (Å²) in [7, 11) is 0. The van der Waals surface area contributed by atoms with E-state index < -0.39 is 0 Å². The summed E-state index contributed by atoms with van der Waals surface area (Å²) in [5.41, 5.74) is 7.59. The normalized spacial score (nSPS) is 10.4. The number of carbonyl (C=O) groups excluding carboxylic acids is 1. The molecule has 0 atom stereocenters. The zero-order valence-corrected chi connectivity index (χ0v) is 18.2. The first-order valence-electron chi connectivity index (χ1n) is 9.11. The molecule has 0 unspecified atom stereocenters. The first-order chi connectivity index (χ1) is 14.5. The van der Waals surface area contributed by atoms with Crippen molar-refractivity contribution in [3.63, 3.8) is 0 Å². The monoisotopic (exact) mass is 460 g/mol. The van der Waals surface area contributed by atoms with Crippen LogP contribution in [0, 0.1) is 5.82 Å². The number of fused-ring (bicyclic) bond motifs is 1. The molecular formula is C23H19Cl2FN2OS. The van der Waals surface area contributed by atoms with Gasteiger partial charge in [-0.2, -0.15) is 0 Å². The summed E-state index contributed by atoms with van der Waals surface area (Å²) >= 11 is 12.6. The first kappa shape index (κ1) is 22.2. The minimum atomic E-state index is -0.314. The number of hydrogen-bond donors (Lipinski definition) is 2. The van der Waals surface area contributed by atoms with Gasteiger partial charge in [-0.15, -0.1) is 22.9 Å². The third-order valence-corrected chi connectivity index (χ3v) is 6.07. The number of nitrogens with one attached hydrogen (secondary N) is 1. The fraction of sp³-hybridized carbons (Fsp3) is 0.0870. The Morgan fingerprint density at radius 2 is 1.67 bits per heavy atom. The number of benzene rings is 3. The van der Waals surface area contributed by atoms with Crippen LogP contribution in [0.4, 0.5) is 10.1 Å². The summed E-state index contributed by atoms with van der Waals surface area (Å²) in [4.78, 5) is 12.0. The molecule has 3 nitrogen and oxygen atoms in total. The fourth-order valence-electron chi connectivity index (χ4n) is 2.82. The number of amides is 1. The molecule has 30 heavy (non-hydrogen) atoms. The van der Waals surface area contributed by atoms with Gasteiger partial charge in [0.25, 0.3) is 0 Å². The standard InChI is InChI=1S/C16H11ClFNOS.C7H8ClN/c17-9-14(20)19-12-7-3-1-5-10(12)16-15(18)11-6-2-4-8-13(11)21-16;8-7-4-2-1-3-6(7)5-9/h1-8H,9H2,(H,19,20);1-4H,5,9H2. The number of rotatable bonds is 4. The number of thiophene rings is 1. The molecule has 4 aromatic rings. The summed E-state index contributed by atoms with van der Waals surface area (Å²) in [5, 5.41) is 4.04. The summed E-state index contributed by atoms with van der Waals surface area (Å²) < 4.78 is 15.5. The molecule has 3 N–H and O–H groups in total. The van der Waals surface area contributed by atoms with Crippen LogP contribution in [0.15, 0.2) is 72.8 Å². The highest BCUT2D eigenvalue weighted by Gasteiger charge is 2.16. The largest absolute Gasteiger partial charge is 0.326 e. The molecule has 0 saturated heterocycles. The Morgan fingerprint density at radius 1 is 1.00 bits per heavy atom. The number of para-hydroxylation sites is 1. The van der Waals surface area contributed by atoms with Crippen molar-refractivity contribution in [2.75, 3.05) is 11.2 Å². The number of carbonyl (C=O) groups is 1. The number of halogens is 3. The van der Waals surface area contributed by atoms with E-state index in [9.17, 15) is 9.18 Å². The first-order valence-corrected chi connectivity index (χ1v) is 10.8. The van der Waals surface area contributed by atoms with E-state index in [0.717, 1.165) is 15.3 Å². The van der Waals surface area contributed by atoms with Crippen molar-refractivity contribution in [1.82, 2.24) is 0 Å². The maximum Gasteiger partial charge on any atom is 0.239 e. The zero-order valence-electron chi connectivity index (χ0n) is 15.9. The Morgan fingerprint density at radius 3 is 2.33 bits per heavy atom.